The molecular formula is C14H13BrFNO. The van der Waals surface area contributed by atoms with Gasteiger partial charge in [0.1, 0.15) is 0 Å². The molecule has 18 heavy (non-hydrogen) atoms. The molecule has 0 aliphatic heterocycles. The second kappa shape index (κ2) is 5.40. The van der Waals surface area contributed by atoms with Crippen LogP contribution in [0.2, 0.25) is 0 Å². The first-order valence-electron chi connectivity index (χ1n) is 5.54. The first-order chi connectivity index (χ1) is 8.58. The van der Waals surface area contributed by atoms with Gasteiger partial charge in [-0.15, -0.1) is 0 Å². The fourth-order valence-electron chi connectivity index (χ4n) is 1.68. The van der Waals surface area contributed by atoms with Crippen molar-refractivity contribution in [2.24, 2.45) is 0 Å². The van der Waals surface area contributed by atoms with Gasteiger partial charge in [-0.25, -0.2) is 4.39 Å². The monoisotopic (exact) mass is 309 g/mol. The molecule has 94 valence electrons. The number of hydrogen-bond donors (Lipinski definition) is 2. The smallest absolute Gasteiger partial charge is 0.165 e. The standard InChI is InChI=1S/C14H13BrFNO/c1-9-5-6-11(15)7-13(9)17-8-10-3-2-4-12(16)14(10)18/h2-7,17-18H,8H2,1H3. The minimum atomic E-state index is -0.597. The Morgan fingerprint density at radius 3 is 2.83 bits per heavy atom. The molecule has 0 heterocycles. The highest BCUT2D eigenvalue weighted by Crippen LogP contribution is 2.24. The van der Waals surface area contributed by atoms with E-state index in [-0.39, 0.29) is 5.75 Å². The molecule has 0 saturated carbocycles. The first kappa shape index (κ1) is 12.9. The molecule has 2 rings (SSSR count). The Balaban J connectivity index is 2.16. The number of phenolic OH excluding ortho intramolecular Hbond substituents is 1. The molecule has 4 heteroatoms. The molecule has 0 bridgehead atoms. The number of rotatable bonds is 3. The van der Waals surface area contributed by atoms with Crippen molar-refractivity contribution < 1.29 is 9.50 Å². The van der Waals surface area contributed by atoms with E-state index in [0.717, 1.165) is 15.7 Å². The summed E-state index contributed by atoms with van der Waals surface area (Å²) in [5, 5.41) is 12.8. The summed E-state index contributed by atoms with van der Waals surface area (Å²) in [5.41, 5.74) is 2.58. The Hall–Kier alpha value is -1.55. The topological polar surface area (TPSA) is 32.3 Å². The number of para-hydroxylation sites is 1. The maximum absolute atomic E-state index is 13.2. The number of hydrogen-bond acceptors (Lipinski definition) is 2. The van der Waals surface area contributed by atoms with E-state index in [0.29, 0.717) is 12.1 Å². The summed E-state index contributed by atoms with van der Waals surface area (Å²) in [6.45, 7) is 2.36. The molecule has 0 saturated heterocycles. The molecule has 0 radical (unpaired) electrons. The number of halogens is 2. The largest absolute Gasteiger partial charge is 0.505 e. The molecule has 0 aromatic heterocycles. The maximum atomic E-state index is 13.2. The van der Waals surface area contributed by atoms with Crippen molar-refractivity contribution in [3.05, 3.63) is 57.8 Å². The van der Waals surface area contributed by atoms with Crippen LogP contribution in [0, 0.1) is 12.7 Å². The second-order valence-corrected chi connectivity index (χ2v) is 4.98. The number of aromatic hydroxyl groups is 1. The highest BCUT2D eigenvalue weighted by atomic mass is 79.9. The molecule has 0 atom stereocenters. The molecule has 0 amide bonds. The maximum Gasteiger partial charge on any atom is 0.165 e. The Kier molecular flexibility index (Phi) is 3.87. The van der Waals surface area contributed by atoms with Gasteiger partial charge in [-0.05, 0) is 30.7 Å². The van der Waals surface area contributed by atoms with Gasteiger partial charge >= 0.3 is 0 Å². The lowest BCUT2D eigenvalue weighted by Gasteiger charge is -2.11. The fraction of sp³-hybridized carbons (Fsp3) is 0.143. The zero-order valence-electron chi connectivity index (χ0n) is 9.87. The summed E-state index contributed by atoms with van der Waals surface area (Å²) in [7, 11) is 0. The molecule has 0 aliphatic rings. The Morgan fingerprint density at radius 1 is 1.28 bits per heavy atom. The van der Waals surface area contributed by atoms with Crippen LogP contribution in [0.1, 0.15) is 11.1 Å². The third-order valence-corrected chi connectivity index (χ3v) is 3.23. The third-order valence-electron chi connectivity index (χ3n) is 2.74. The molecular weight excluding hydrogens is 297 g/mol. The molecule has 2 aromatic rings. The van der Waals surface area contributed by atoms with Crippen molar-refractivity contribution in [3.63, 3.8) is 0 Å². The van der Waals surface area contributed by atoms with Gasteiger partial charge in [0.2, 0.25) is 0 Å². The van der Waals surface area contributed by atoms with Gasteiger partial charge < -0.3 is 10.4 Å². The predicted octanol–water partition coefficient (Wildman–Crippen LogP) is 4.21. The Morgan fingerprint density at radius 2 is 2.06 bits per heavy atom. The number of aryl methyl sites for hydroxylation is 1. The van der Waals surface area contributed by atoms with Gasteiger partial charge in [-0.2, -0.15) is 0 Å². The van der Waals surface area contributed by atoms with Crippen LogP contribution in [0.3, 0.4) is 0 Å². The van der Waals surface area contributed by atoms with E-state index in [1.807, 2.05) is 25.1 Å². The predicted molar refractivity (Wildman–Crippen MR) is 74.3 cm³/mol. The van der Waals surface area contributed by atoms with Crippen LogP contribution in [0.5, 0.6) is 5.75 Å². The number of phenols is 1. The summed E-state index contributed by atoms with van der Waals surface area (Å²) in [5.74, 6) is -0.891. The van der Waals surface area contributed by atoms with Gasteiger partial charge in [0.15, 0.2) is 11.6 Å². The van der Waals surface area contributed by atoms with E-state index in [2.05, 4.69) is 21.2 Å². The van der Waals surface area contributed by atoms with Crippen LogP contribution in [0.25, 0.3) is 0 Å². The summed E-state index contributed by atoms with van der Waals surface area (Å²) in [4.78, 5) is 0. The number of anilines is 1. The van der Waals surface area contributed by atoms with Crippen LogP contribution in [0.15, 0.2) is 40.9 Å². The Bertz CT molecular complexity index is 570. The second-order valence-electron chi connectivity index (χ2n) is 4.06. The summed E-state index contributed by atoms with van der Waals surface area (Å²) in [6.07, 6.45) is 0. The van der Waals surface area contributed by atoms with E-state index >= 15 is 0 Å². The van der Waals surface area contributed by atoms with Gasteiger partial charge in [-0.3, -0.25) is 0 Å². The van der Waals surface area contributed by atoms with Crippen LogP contribution in [0.4, 0.5) is 10.1 Å². The lowest BCUT2D eigenvalue weighted by molar-refractivity contribution is 0.427. The van der Waals surface area contributed by atoms with Gasteiger partial charge in [-0.1, -0.05) is 34.1 Å². The number of benzene rings is 2. The van der Waals surface area contributed by atoms with E-state index in [4.69, 9.17) is 0 Å². The van der Waals surface area contributed by atoms with Crippen LogP contribution in [-0.2, 0) is 6.54 Å². The van der Waals surface area contributed by atoms with Crippen LogP contribution >= 0.6 is 15.9 Å². The lowest BCUT2D eigenvalue weighted by atomic mass is 10.1. The average molecular weight is 310 g/mol. The summed E-state index contributed by atoms with van der Waals surface area (Å²) in [6, 6.07) is 10.4. The van der Waals surface area contributed by atoms with Crippen molar-refractivity contribution in [2.45, 2.75) is 13.5 Å². The van der Waals surface area contributed by atoms with Crippen LogP contribution < -0.4 is 5.32 Å². The highest BCUT2D eigenvalue weighted by Gasteiger charge is 2.06. The fourth-order valence-corrected chi connectivity index (χ4v) is 2.04. The van der Waals surface area contributed by atoms with Crippen LogP contribution in [-0.4, -0.2) is 5.11 Å². The van der Waals surface area contributed by atoms with Crippen molar-refractivity contribution in [3.8, 4) is 5.75 Å². The SMILES string of the molecule is Cc1ccc(Br)cc1NCc1cccc(F)c1O. The van der Waals surface area contributed by atoms with E-state index in [1.165, 1.54) is 6.07 Å². The van der Waals surface area contributed by atoms with Gasteiger partial charge in [0.25, 0.3) is 0 Å². The van der Waals surface area contributed by atoms with Crippen molar-refractivity contribution in [2.75, 3.05) is 5.32 Å². The third kappa shape index (κ3) is 2.82. The molecule has 0 spiro atoms. The van der Waals surface area contributed by atoms with E-state index in [1.54, 1.807) is 12.1 Å². The summed E-state index contributed by atoms with van der Waals surface area (Å²) < 4.78 is 14.1. The molecule has 2 N–H and O–H groups in total. The minimum Gasteiger partial charge on any atom is -0.505 e. The van der Waals surface area contributed by atoms with E-state index in [9.17, 15) is 9.50 Å². The minimum absolute atomic E-state index is 0.294. The zero-order valence-corrected chi connectivity index (χ0v) is 11.5. The first-order valence-corrected chi connectivity index (χ1v) is 6.33. The molecule has 0 fully saturated rings. The molecule has 0 aliphatic carbocycles. The quantitative estimate of drug-likeness (QED) is 0.890. The average Bonchev–Trinajstić information content (AvgIpc) is 2.35. The number of nitrogens with one attached hydrogen (secondary N) is 1. The normalized spacial score (nSPS) is 10.4. The molecule has 2 nitrogen and oxygen atoms in total. The van der Waals surface area contributed by atoms with E-state index < -0.39 is 5.82 Å². The zero-order chi connectivity index (χ0) is 13.1. The molecule has 2 aromatic carbocycles. The summed E-state index contributed by atoms with van der Waals surface area (Å²) >= 11 is 3.40. The lowest BCUT2D eigenvalue weighted by Crippen LogP contribution is -2.02. The molecule has 0 unspecified atom stereocenters. The van der Waals surface area contributed by atoms with Gasteiger partial charge in [0.05, 0.1) is 0 Å². The van der Waals surface area contributed by atoms with Crippen molar-refractivity contribution >= 4 is 21.6 Å². The Labute approximate surface area is 114 Å². The highest BCUT2D eigenvalue weighted by molar-refractivity contribution is 9.10. The van der Waals surface area contributed by atoms with Gasteiger partial charge in [0, 0.05) is 22.3 Å². The van der Waals surface area contributed by atoms with Crippen molar-refractivity contribution in [1.29, 1.82) is 0 Å². The van der Waals surface area contributed by atoms with Crippen molar-refractivity contribution in [1.82, 2.24) is 0 Å².